The number of oxime groups is 1. The number of allylic oxidation sites excluding steroid dienone is 1. The average Bonchev–Trinajstić information content (AvgIpc) is 3.19. The van der Waals surface area contributed by atoms with E-state index >= 15 is 0 Å². The first-order valence-corrected chi connectivity index (χ1v) is 21.2. The molecule has 0 unspecified atom stereocenters. The number of ether oxygens (including phenoxy) is 3. The zero-order valence-electron chi connectivity index (χ0n) is 31.9. The molecule has 3 aromatic carbocycles. The van der Waals surface area contributed by atoms with Crippen LogP contribution in [0.4, 0.5) is 5.69 Å². The Labute approximate surface area is 333 Å². The molecule has 1 saturated carbocycles. The number of nitrogens with one attached hydrogen (secondary N) is 1. The van der Waals surface area contributed by atoms with E-state index in [9.17, 15) is 15.0 Å². The molecule has 0 spiro atoms. The smallest absolute Gasteiger partial charge is 0.231 e. The van der Waals surface area contributed by atoms with Crippen LogP contribution in [0, 0.1) is 17.8 Å². The Kier molecular flexibility index (Phi) is 14.8. The molecule has 9 nitrogen and oxygen atoms in total. The van der Waals surface area contributed by atoms with Gasteiger partial charge in [-0.05, 0) is 97.7 Å². The van der Waals surface area contributed by atoms with Gasteiger partial charge >= 0.3 is 0 Å². The van der Waals surface area contributed by atoms with Gasteiger partial charge in [0.1, 0.15) is 18.6 Å². The molecule has 11 heteroatoms. The van der Waals surface area contributed by atoms with E-state index in [2.05, 4.69) is 41.3 Å². The zero-order valence-corrected chi connectivity index (χ0v) is 33.5. The number of thioether (sulfide) groups is 2. The first kappa shape index (κ1) is 40.9. The molecular weight excluding hydrogens is 733 g/mol. The largest absolute Gasteiger partial charge is 0.493 e. The van der Waals surface area contributed by atoms with Gasteiger partial charge < -0.3 is 34.6 Å². The fourth-order valence-corrected chi connectivity index (χ4v) is 10.5. The second-order valence-electron chi connectivity index (χ2n) is 14.3. The fraction of sp³-hybridized carbons (Fsp3) is 0.455. The lowest BCUT2D eigenvalue weighted by molar-refractivity contribution is -0.223. The second kappa shape index (κ2) is 19.9. The molecule has 2 aliphatic carbocycles. The van der Waals surface area contributed by atoms with E-state index in [0.29, 0.717) is 13.0 Å². The standard InChI is InChI=1S/C44H54N2O7S2/c1-4-24-52-44-41(55-35-19-16-32(17-20-35)45-30(2)49)29-39(46-50-3)37-27-31(12-8-10-22-47)36(15-9-11-23-48)42(43(37)44)38-28-33(18-21-40(38)53-44)51-25-26-54-34-13-6-5-7-14-34/h4-7,13-14,16-21,27-28,31,36,41-43,47-48H,1,8-12,15,22-26,29H2,2-3H3,(H,45,49)/t31-,36+,41-,42+,43+,44+/m0/s1. The van der Waals surface area contributed by atoms with Crippen molar-refractivity contribution in [3.63, 3.8) is 0 Å². The maximum atomic E-state index is 11.7. The minimum Gasteiger partial charge on any atom is -0.493 e. The normalized spacial score (nSPS) is 24.5. The summed E-state index contributed by atoms with van der Waals surface area (Å²) in [4.78, 5) is 19.5. The molecule has 0 saturated heterocycles. The third-order valence-corrected chi connectivity index (χ3v) is 12.9. The third-order valence-electron chi connectivity index (χ3n) is 10.6. The Bertz CT molecular complexity index is 1790. The molecule has 55 heavy (non-hydrogen) atoms. The molecule has 6 rings (SSSR count). The molecule has 3 aromatic rings. The van der Waals surface area contributed by atoms with Gasteiger partial charge in [0.05, 0.1) is 30.1 Å². The van der Waals surface area contributed by atoms with Crippen molar-refractivity contribution in [1.29, 1.82) is 0 Å². The summed E-state index contributed by atoms with van der Waals surface area (Å²) in [6, 6.07) is 24.4. The lowest BCUT2D eigenvalue weighted by atomic mass is 9.56. The number of anilines is 1. The molecule has 1 fully saturated rings. The Morgan fingerprint density at radius 2 is 1.78 bits per heavy atom. The Morgan fingerprint density at radius 1 is 1.02 bits per heavy atom. The van der Waals surface area contributed by atoms with Gasteiger partial charge in [-0.1, -0.05) is 48.3 Å². The van der Waals surface area contributed by atoms with Crippen LogP contribution in [0.3, 0.4) is 0 Å². The van der Waals surface area contributed by atoms with Crippen molar-refractivity contribution >= 4 is 40.8 Å². The van der Waals surface area contributed by atoms with Gasteiger partial charge in [0.25, 0.3) is 0 Å². The number of unbranched alkanes of at least 4 members (excludes halogenated alkanes) is 2. The summed E-state index contributed by atoms with van der Waals surface area (Å²) >= 11 is 3.45. The number of fused-ring (bicyclic) bond motifs is 2. The minimum atomic E-state index is -1.09. The van der Waals surface area contributed by atoms with Crippen molar-refractivity contribution in [3.8, 4) is 11.5 Å². The number of carbonyl (C=O) groups excluding carboxylic acids is 1. The highest BCUT2D eigenvalue weighted by molar-refractivity contribution is 8.00. The summed E-state index contributed by atoms with van der Waals surface area (Å²) in [5.41, 5.74) is 3.78. The highest BCUT2D eigenvalue weighted by Gasteiger charge is 2.64. The van der Waals surface area contributed by atoms with Crippen LogP contribution < -0.4 is 14.8 Å². The predicted octanol–water partition coefficient (Wildman–Crippen LogP) is 8.87. The molecule has 1 heterocycles. The summed E-state index contributed by atoms with van der Waals surface area (Å²) in [5, 5.41) is 26.9. The van der Waals surface area contributed by atoms with Crippen molar-refractivity contribution in [3.05, 3.63) is 103 Å². The molecule has 1 aliphatic heterocycles. The third kappa shape index (κ3) is 9.81. The van der Waals surface area contributed by atoms with Crippen LogP contribution in [0.15, 0.2) is 112 Å². The van der Waals surface area contributed by atoms with E-state index < -0.39 is 5.79 Å². The molecule has 1 amide bonds. The summed E-state index contributed by atoms with van der Waals surface area (Å²) in [6.07, 6.45) is 9.76. The van der Waals surface area contributed by atoms with Crippen molar-refractivity contribution in [2.75, 3.05) is 44.6 Å². The van der Waals surface area contributed by atoms with Gasteiger partial charge in [0.15, 0.2) is 0 Å². The van der Waals surface area contributed by atoms with Crippen molar-refractivity contribution < 1.29 is 34.1 Å². The highest BCUT2D eigenvalue weighted by atomic mass is 32.2. The summed E-state index contributed by atoms with van der Waals surface area (Å²) in [5.74, 6) is 1.30. The predicted molar refractivity (Wildman–Crippen MR) is 221 cm³/mol. The number of rotatable bonds is 20. The minimum absolute atomic E-state index is 0.0266. The Morgan fingerprint density at radius 3 is 2.49 bits per heavy atom. The van der Waals surface area contributed by atoms with Gasteiger partial charge in [0, 0.05) is 59.3 Å². The Balaban J connectivity index is 1.44. The van der Waals surface area contributed by atoms with Gasteiger partial charge in [-0.3, -0.25) is 4.79 Å². The molecule has 0 radical (unpaired) electrons. The molecule has 294 valence electrons. The number of aliphatic hydroxyl groups is 2. The van der Waals surface area contributed by atoms with E-state index in [4.69, 9.17) is 19.0 Å². The maximum Gasteiger partial charge on any atom is 0.231 e. The summed E-state index contributed by atoms with van der Waals surface area (Å²) in [6.45, 7) is 6.67. The number of carbonyl (C=O) groups is 1. The molecule has 3 aliphatic rings. The van der Waals surface area contributed by atoms with Crippen molar-refractivity contribution in [2.45, 2.75) is 78.6 Å². The van der Waals surface area contributed by atoms with E-state index in [1.54, 1.807) is 36.7 Å². The number of hydrogen-bond donors (Lipinski definition) is 3. The quantitative estimate of drug-likeness (QED) is 0.0447. The van der Waals surface area contributed by atoms with Gasteiger partial charge in [0.2, 0.25) is 11.7 Å². The van der Waals surface area contributed by atoms with Gasteiger partial charge in [-0.15, -0.1) is 30.1 Å². The fourth-order valence-electron chi connectivity index (χ4n) is 8.44. The lowest BCUT2D eigenvalue weighted by Gasteiger charge is -2.58. The van der Waals surface area contributed by atoms with Crippen LogP contribution in [-0.4, -0.2) is 72.2 Å². The van der Waals surface area contributed by atoms with Crippen LogP contribution in [0.25, 0.3) is 0 Å². The number of hydrogen-bond acceptors (Lipinski definition) is 10. The number of amides is 1. The highest BCUT2D eigenvalue weighted by Crippen LogP contribution is 2.63. The Hall–Kier alpha value is -3.74. The van der Waals surface area contributed by atoms with E-state index in [-0.39, 0.29) is 54.6 Å². The first-order valence-electron chi connectivity index (χ1n) is 19.4. The van der Waals surface area contributed by atoms with Crippen LogP contribution >= 0.6 is 23.5 Å². The van der Waals surface area contributed by atoms with E-state index in [1.165, 1.54) is 11.8 Å². The SMILES string of the molecule is C=CCO[C@@]12Oc3ccc(OCCSc4ccccc4)cc3[C@H]3[C@H](CCCCO)[C@@H](CCCCO)C=C(C(=NOC)C[C@@H]1Sc1ccc(NC(C)=O)cc1)[C@H]32. The van der Waals surface area contributed by atoms with Crippen LogP contribution in [0.5, 0.6) is 11.5 Å². The zero-order chi connectivity index (χ0) is 38.6. The van der Waals surface area contributed by atoms with E-state index in [1.807, 2.05) is 54.6 Å². The number of nitrogens with zero attached hydrogens (tertiary/aromatic N) is 1. The molecule has 6 atom stereocenters. The number of aliphatic hydroxyl groups excluding tert-OH is 2. The summed E-state index contributed by atoms with van der Waals surface area (Å²) < 4.78 is 20.7. The number of benzene rings is 3. The molecule has 0 bridgehead atoms. The summed E-state index contributed by atoms with van der Waals surface area (Å²) in [7, 11) is 1.59. The van der Waals surface area contributed by atoms with Crippen molar-refractivity contribution in [2.24, 2.45) is 22.9 Å². The molecule has 0 aromatic heterocycles. The topological polar surface area (TPSA) is 119 Å². The lowest BCUT2D eigenvalue weighted by Crippen LogP contribution is -2.64. The van der Waals surface area contributed by atoms with Gasteiger partial charge in [-0.2, -0.15) is 0 Å². The second-order valence-corrected chi connectivity index (χ2v) is 16.7. The van der Waals surface area contributed by atoms with Crippen LogP contribution in [-0.2, 0) is 14.4 Å². The average molecular weight is 787 g/mol. The molecular formula is C44H54N2O7S2. The maximum absolute atomic E-state index is 11.7. The van der Waals surface area contributed by atoms with E-state index in [0.717, 1.165) is 83.2 Å². The van der Waals surface area contributed by atoms with Gasteiger partial charge in [-0.25, -0.2) is 0 Å². The van der Waals surface area contributed by atoms with Crippen molar-refractivity contribution in [1.82, 2.24) is 0 Å². The van der Waals surface area contributed by atoms with Crippen LogP contribution in [0.1, 0.15) is 63.4 Å². The van der Waals surface area contributed by atoms with Crippen LogP contribution in [0.2, 0.25) is 0 Å². The first-order chi connectivity index (χ1) is 26.9. The molecule has 3 N–H and O–H groups in total. The monoisotopic (exact) mass is 786 g/mol.